The van der Waals surface area contributed by atoms with Gasteiger partial charge in [0.15, 0.2) is 0 Å². The first-order valence-electron chi connectivity index (χ1n) is 8.01. The van der Waals surface area contributed by atoms with E-state index in [-0.39, 0.29) is 0 Å². The first kappa shape index (κ1) is 16.1. The summed E-state index contributed by atoms with van der Waals surface area (Å²) in [6.07, 6.45) is 2.35. The number of benzene rings is 1. The minimum absolute atomic E-state index is 0.358. The molecule has 0 radical (unpaired) electrons. The van der Waals surface area contributed by atoms with Crippen molar-refractivity contribution < 1.29 is 9.90 Å². The number of aromatic carboxylic acids is 1. The van der Waals surface area contributed by atoms with Crippen LogP contribution in [0.25, 0.3) is 0 Å². The van der Waals surface area contributed by atoms with Crippen LogP contribution in [0.1, 0.15) is 50.3 Å². The van der Waals surface area contributed by atoms with Crippen LogP contribution >= 0.6 is 11.3 Å². The van der Waals surface area contributed by atoms with Gasteiger partial charge in [-0.3, -0.25) is 4.90 Å². The molecule has 1 unspecified atom stereocenters. The van der Waals surface area contributed by atoms with Crippen LogP contribution in [0.15, 0.2) is 24.3 Å². The summed E-state index contributed by atoms with van der Waals surface area (Å²) >= 11 is 1.79. The van der Waals surface area contributed by atoms with Crippen LogP contribution in [0.5, 0.6) is 0 Å². The molecule has 1 saturated heterocycles. The van der Waals surface area contributed by atoms with E-state index in [9.17, 15) is 4.79 Å². The molecule has 1 aromatic heterocycles. The van der Waals surface area contributed by atoms with Crippen molar-refractivity contribution in [3.63, 3.8) is 0 Å². The van der Waals surface area contributed by atoms with Gasteiger partial charge in [-0.25, -0.2) is 9.78 Å². The van der Waals surface area contributed by atoms with Gasteiger partial charge in [0.05, 0.1) is 16.3 Å². The predicted octanol–water partition coefficient (Wildman–Crippen LogP) is 3.84. The van der Waals surface area contributed by atoms with Crippen molar-refractivity contribution in [1.82, 2.24) is 9.88 Å². The monoisotopic (exact) mass is 330 g/mol. The molecule has 4 nitrogen and oxygen atoms in total. The predicted molar refractivity (Wildman–Crippen MR) is 92.2 cm³/mol. The summed E-state index contributed by atoms with van der Waals surface area (Å²) in [5, 5.41) is 10.1. The van der Waals surface area contributed by atoms with Gasteiger partial charge in [0.25, 0.3) is 0 Å². The lowest BCUT2D eigenvalue weighted by Crippen LogP contribution is -2.33. The van der Waals surface area contributed by atoms with Gasteiger partial charge < -0.3 is 5.11 Å². The number of carboxylic acids is 1. The number of carboxylic acid groups (broad SMARTS) is 1. The van der Waals surface area contributed by atoms with E-state index in [1.807, 2.05) is 12.1 Å². The van der Waals surface area contributed by atoms with Crippen molar-refractivity contribution in [1.29, 1.82) is 0 Å². The number of thiazole rings is 1. The van der Waals surface area contributed by atoms with E-state index in [4.69, 9.17) is 5.11 Å². The van der Waals surface area contributed by atoms with Gasteiger partial charge in [-0.1, -0.05) is 12.1 Å². The standard InChI is InChI=1S/C18H22N2O2S/c1-12-17(23-13(2)19-12)11-20-9-3-4-16(10-20)14-5-7-15(8-6-14)18(21)22/h5-8,16H,3-4,9-11H2,1-2H3,(H,21,22). The molecule has 1 aliphatic rings. The third kappa shape index (κ3) is 3.79. The molecule has 2 heterocycles. The minimum atomic E-state index is -0.863. The Labute approximate surface area is 140 Å². The molecular weight excluding hydrogens is 308 g/mol. The van der Waals surface area contributed by atoms with Crippen molar-refractivity contribution in [3.8, 4) is 0 Å². The number of hydrogen-bond acceptors (Lipinski definition) is 4. The molecule has 1 fully saturated rings. The molecule has 0 aliphatic carbocycles. The molecule has 3 rings (SSSR count). The molecule has 0 saturated carbocycles. The van der Waals surface area contributed by atoms with E-state index in [1.54, 1.807) is 23.5 Å². The molecule has 1 aliphatic heterocycles. The average Bonchev–Trinajstić information content (AvgIpc) is 2.85. The summed E-state index contributed by atoms with van der Waals surface area (Å²) in [7, 11) is 0. The van der Waals surface area contributed by atoms with E-state index >= 15 is 0 Å². The lowest BCUT2D eigenvalue weighted by molar-refractivity contribution is 0.0697. The van der Waals surface area contributed by atoms with Crippen LogP contribution in [-0.2, 0) is 6.54 Å². The molecule has 2 aromatic rings. The topological polar surface area (TPSA) is 53.4 Å². The lowest BCUT2D eigenvalue weighted by Gasteiger charge is -2.32. The van der Waals surface area contributed by atoms with Crippen molar-refractivity contribution in [2.45, 2.75) is 39.2 Å². The Morgan fingerprint density at radius 3 is 2.70 bits per heavy atom. The summed E-state index contributed by atoms with van der Waals surface area (Å²) in [5.74, 6) is -0.376. The third-order valence-electron chi connectivity index (χ3n) is 4.50. The Kier molecular flexibility index (Phi) is 4.78. The number of aryl methyl sites for hydroxylation is 2. The van der Waals surface area contributed by atoms with Gasteiger partial charge >= 0.3 is 5.97 Å². The largest absolute Gasteiger partial charge is 0.478 e. The quantitative estimate of drug-likeness (QED) is 0.925. The van der Waals surface area contributed by atoms with Crippen LogP contribution in [0.4, 0.5) is 0 Å². The van der Waals surface area contributed by atoms with Crippen molar-refractivity contribution >= 4 is 17.3 Å². The van der Waals surface area contributed by atoms with E-state index in [0.717, 1.165) is 30.3 Å². The zero-order valence-corrected chi connectivity index (χ0v) is 14.4. The Morgan fingerprint density at radius 2 is 2.09 bits per heavy atom. The van der Waals surface area contributed by atoms with Crippen molar-refractivity contribution in [2.75, 3.05) is 13.1 Å². The summed E-state index contributed by atoms with van der Waals surface area (Å²) in [4.78, 5) is 19.3. The van der Waals surface area contributed by atoms with E-state index in [0.29, 0.717) is 11.5 Å². The third-order valence-corrected chi connectivity index (χ3v) is 5.56. The first-order chi connectivity index (χ1) is 11.0. The van der Waals surface area contributed by atoms with Crippen LogP contribution in [-0.4, -0.2) is 34.0 Å². The second-order valence-corrected chi connectivity index (χ2v) is 7.53. The Hall–Kier alpha value is -1.72. The Balaban J connectivity index is 1.68. The van der Waals surface area contributed by atoms with Gasteiger partial charge in [-0.15, -0.1) is 11.3 Å². The van der Waals surface area contributed by atoms with E-state index in [2.05, 4.69) is 23.7 Å². The smallest absolute Gasteiger partial charge is 0.335 e. The fraction of sp³-hybridized carbons (Fsp3) is 0.444. The van der Waals surface area contributed by atoms with E-state index < -0.39 is 5.97 Å². The zero-order chi connectivity index (χ0) is 16.4. The minimum Gasteiger partial charge on any atom is -0.478 e. The molecule has 1 atom stereocenters. The number of aromatic nitrogens is 1. The highest BCUT2D eigenvalue weighted by Crippen LogP contribution is 2.29. The fourth-order valence-electron chi connectivity index (χ4n) is 3.29. The van der Waals surface area contributed by atoms with Gasteiger partial charge in [-0.05, 0) is 56.8 Å². The molecule has 5 heteroatoms. The van der Waals surface area contributed by atoms with Crippen molar-refractivity contribution in [2.24, 2.45) is 0 Å². The maximum absolute atomic E-state index is 11.0. The number of carbonyl (C=O) groups is 1. The molecule has 0 bridgehead atoms. The number of rotatable bonds is 4. The average molecular weight is 330 g/mol. The van der Waals surface area contributed by atoms with Gasteiger partial charge in [0.1, 0.15) is 0 Å². The highest BCUT2D eigenvalue weighted by atomic mass is 32.1. The SMILES string of the molecule is Cc1nc(C)c(CN2CCCC(c3ccc(C(=O)O)cc3)C2)s1. The Bertz CT molecular complexity index is 694. The van der Waals surface area contributed by atoms with Gasteiger partial charge in [-0.2, -0.15) is 0 Å². The number of nitrogens with zero attached hydrogens (tertiary/aromatic N) is 2. The molecule has 1 aromatic carbocycles. The molecule has 1 N–H and O–H groups in total. The van der Waals surface area contributed by atoms with Crippen LogP contribution < -0.4 is 0 Å². The van der Waals surface area contributed by atoms with Crippen LogP contribution in [0.3, 0.4) is 0 Å². The molecule has 122 valence electrons. The lowest BCUT2D eigenvalue weighted by atomic mass is 9.90. The summed E-state index contributed by atoms with van der Waals surface area (Å²) in [5.41, 5.74) is 2.76. The first-order valence-corrected chi connectivity index (χ1v) is 8.83. The fourth-order valence-corrected chi connectivity index (χ4v) is 4.27. The zero-order valence-electron chi connectivity index (χ0n) is 13.6. The summed E-state index contributed by atoms with van der Waals surface area (Å²) in [6.45, 7) is 7.28. The van der Waals surface area contributed by atoms with Crippen molar-refractivity contribution in [3.05, 3.63) is 51.0 Å². The highest BCUT2D eigenvalue weighted by molar-refractivity contribution is 7.11. The highest BCUT2D eigenvalue weighted by Gasteiger charge is 2.22. The molecule has 0 spiro atoms. The normalized spacial score (nSPS) is 19.0. The maximum Gasteiger partial charge on any atom is 0.335 e. The summed E-state index contributed by atoms with van der Waals surface area (Å²) in [6, 6.07) is 7.38. The van der Waals surface area contributed by atoms with E-state index in [1.165, 1.54) is 23.3 Å². The molecule has 0 amide bonds. The van der Waals surface area contributed by atoms with Gasteiger partial charge in [0, 0.05) is 18.0 Å². The number of piperidine rings is 1. The van der Waals surface area contributed by atoms with Crippen LogP contribution in [0, 0.1) is 13.8 Å². The van der Waals surface area contributed by atoms with Crippen LogP contribution in [0.2, 0.25) is 0 Å². The second kappa shape index (κ2) is 6.81. The maximum atomic E-state index is 11.0. The Morgan fingerprint density at radius 1 is 1.35 bits per heavy atom. The second-order valence-electron chi connectivity index (χ2n) is 6.24. The number of likely N-dealkylation sites (tertiary alicyclic amines) is 1. The van der Waals surface area contributed by atoms with Gasteiger partial charge in [0.2, 0.25) is 0 Å². The molecular formula is C18H22N2O2S. The molecule has 23 heavy (non-hydrogen) atoms. The number of hydrogen-bond donors (Lipinski definition) is 1. The summed E-state index contributed by atoms with van der Waals surface area (Å²) < 4.78 is 0.